The van der Waals surface area contributed by atoms with Gasteiger partial charge in [-0.05, 0) is 43.2 Å². The number of anilines is 1. The normalized spacial score (nSPS) is 10.9. The highest BCUT2D eigenvalue weighted by molar-refractivity contribution is 6.31. The van der Waals surface area contributed by atoms with E-state index in [-0.39, 0.29) is 5.57 Å². The van der Waals surface area contributed by atoms with Crippen molar-refractivity contribution in [2.24, 2.45) is 0 Å². The molecule has 2 rings (SSSR count). The number of carbonyl (C=O) groups is 1. The van der Waals surface area contributed by atoms with Crippen molar-refractivity contribution in [3.8, 4) is 6.07 Å². The fourth-order valence-corrected chi connectivity index (χ4v) is 2.03. The minimum atomic E-state index is -0.456. The Bertz CT molecular complexity index is 771. The first kappa shape index (κ1) is 15.8. The molecule has 2 aromatic carbocycles. The summed E-state index contributed by atoms with van der Waals surface area (Å²) >= 11 is 6.02. The molecule has 3 nitrogen and oxygen atoms in total. The minimum absolute atomic E-state index is 0.0422. The first-order valence-corrected chi connectivity index (χ1v) is 7.13. The maximum Gasteiger partial charge on any atom is 0.266 e. The molecule has 0 heterocycles. The molecule has 0 unspecified atom stereocenters. The maximum absolute atomic E-state index is 12.2. The second-order valence-corrected chi connectivity index (χ2v) is 5.41. The largest absolute Gasteiger partial charge is 0.321 e. The zero-order chi connectivity index (χ0) is 16.1. The van der Waals surface area contributed by atoms with Crippen molar-refractivity contribution in [3.05, 3.63) is 69.8 Å². The molecule has 0 aromatic heterocycles. The molecule has 1 N–H and O–H groups in total. The lowest BCUT2D eigenvalue weighted by molar-refractivity contribution is -0.112. The third kappa shape index (κ3) is 3.97. The van der Waals surface area contributed by atoms with Gasteiger partial charge in [-0.1, -0.05) is 47.5 Å². The van der Waals surface area contributed by atoms with E-state index in [0.29, 0.717) is 10.7 Å². The van der Waals surface area contributed by atoms with Crippen LogP contribution in [-0.4, -0.2) is 5.91 Å². The lowest BCUT2D eigenvalue weighted by Gasteiger charge is -2.06. The summed E-state index contributed by atoms with van der Waals surface area (Å²) in [4.78, 5) is 12.2. The van der Waals surface area contributed by atoms with Gasteiger partial charge in [0.25, 0.3) is 5.91 Å². The Kier molecular flexibility index (Phi) is 4.98. The highest BCUT2D eigenvalue weighted by Gasteiger charge is 2.10. The van der Waals surface area contributed by atoms with Crippen LogP contribution < -0.4 is 5.32 Å². The lowest BCUT2D eigenvalue weighted by Crippen LogP contribution is -2.13. The monoisotopic (exact) mass is 310 g/mol. The second-order valence-electron chi connectivity index (χ2n) is 5.00. The smallest absolute Gasteiger partial charge is 0.266 e. The Hall–Kier alpha value is -2.57. The number of benzene rings is 2. The van der Waals surface area contributed by atoms with E-state index in [4.69, 9.17) is 11.6 Å². The number of hydrogen-bond acceptors (Lipinski definition) is 2. The van der Waals surface area contributed by atoms with Crippen molar-refractivity contribution in [2.75, 3.05) is 5.32 Å². The molecule has 2 aromatic rings. The van der Waals surface area contributed by atoms with Gasteiger partial charge in [-0.3, -0.25) is 4.79 Å². The lowest BCUT2D eigenvalue weighted by atomic mass is 10.1. The van der Waals surface area contributed by atoms with Gasteiger partial charge in [0, 0.05) is 10.7 Å². The molecular formula is C18H15ClN2O. The number of aryl methyl sites for hydroxylation is 2. The van der Waals surface area contributed by atoms with Crippen molar-refractivity contribution in [1.29, 1.82) is 5.26 Å². The Morgan fingerprint density at radius 1 is 1.18 bits per heavy atom. The Labute approximate surface area is 134 Å². The minimum Gasteiger partial charge on any atom is -0.321 e. The van der Waals surface area contributed by atoms with E-state index in [1.54, 1.807) is 18.2 Å². The van der Waals surface area contributed by atoms with Crippen molar-refractivity contribution < 1.29 is 4.79 Å². The third-order valence-electron chi connectivity index (χ3n) is 3.18. The molecule has 22 heavy (non-hydrogen) atoms. The summed E-state index contributed by atoms with van der Waals surface area (Å²) in [7, 11) is 0. The van der Waals surface area contributed by atoms with Crippen molar-refractivity contribution in [2.45, 2.75) is 13.8 Å². The van der Waals surface area contributed by atoms with Crippen LogP contribution in [0.3, 0.4) is 0 Å². The van der Waals surface area contributed by atoms with Gasteiger partial charge >= 0.3 is 0 Å². The van der Waals surface area contributed by atoms with Crippen LogP contribution in [0.25, 0.3) is 6.08 Å². The fourth-order valence-electron chi connectivity index (χ4n) is 1.85. The van der Waals surface area contributed by atoms with Gasteiger partial charge in [0.05, 0.1) is 0 Å². The van der Waals surface area contributed by atoms with E-state index < -0.39 is 5.91 Å². The summed E-state index contributed by atoms with van der Waals surface area (Å²) < 4.78 is 0. The van der Waals surface area contributed by atoms with Crippen molar-refractivity contribution >= 4 is 29.3 Å². The predicted molar refractivity (Wildman–Crippen MR) is 89.6 cm³/mol. The molecule has 0 aliphatic rings. The number of nitriles is 1. The summed E-state index contributed by atoms with van der Waals surface area (Å²) in [6.45, 7) is 3.86. The fraction of sp³-hybridized carbons (Fsp3) is 0.111. The standard InChI is InChI=1S/C18H15ClN2O/c1-12-3-6-14(7-4-12)9-15(11-20)18(22)21-16-8-5-13(2)17(19)10-16/h3-10H,1-2H3,(H,21,22)/b15-9+. The average Bonchev–Trinajstić information content (AvgIpc) is 2.50. The van der Waals surface area contributed by atoms with E-state index in [2.05, 4.69) is 5.32 Å². The van der Waals surface area contributed by atoms with Gasteiger partial charge in [-0.2, -0.15) is 5.26 Å². The van der Waals surface area contributed by atoms with E-state index >= 15 is 0 Å². The quantitative estimate of drug-likeness (QED) is 0.670. The molecule has 0 saturated heterocycles. The van der Waals surface area contributed by atoms with Crippen LogP contribution in [0, 0.1) is 25.2 Å². The first-order chi connectivity index (χ1) is 10.5. The summed E-state index contributed by atoms with van der Waals surface area (Å²) in [6, 6.07) is 14.7. The molecular weight excluding hydrogens is 296 g/mol. The SMILES string of the molecule is Cc1ccc(/C=C(\C#N)C(=O)Nc2ccc(C)c(Cl)c2)cc1. The summed E-state index contributed by atoms with van der Waals surface area (Å²) in [6.07, 6.45) is 1.56. The number of hydrogen-bond donors (Lipinski definition) is 1. The van der Waals surface area contributed by atoms with E-state index in [1.807, 2.05) is 50.2 Å². The molecule has 0 saturated carbocycles. The van der Waals surface area contributed by atoms with Crippen LogP contribution in [0.4, 0.5) is 5.69 Å². The van der Waals surface area contributed by atoms with Gasteiger partial charge in [0.1, 0.15) is 11.6 Å². The van der Waals surface area contributed by atoms with Crippen molar-refractivity contribution in [3.63, 3.8) is 0 Å². The number of nitrogens with one attached hydrogen (secondary N) is 1. The van der Waals surface area contributed by atoms with E-state index in [1.165, 1.54) is 0 Å². The topological polar surface area (TPSA) is 52.9 Å². The molecule has 110 valence electrons. The highest BCUT2D eigenvalue weighted by atomic mass is 35.5. The van der Waals surface area contributed by atoms with Gasteiger partial charge in [-0.15, -0.1) is 0 Å². The predicted octanol–water partition coefficient (Wildman–Crippen LogP) is 4.50. The Balaban J connectivity index is 2.20. The van der Waals surface area contributed by atoms with Gasteiger partial charge in [-0.25, -0.2) is 0 Å². The van der Waals surface area contributed by atoms with Gasteiger partial charge in [0.2, 0.25) is 0 Å². The highest BCUT2D eigenvalue weighted by Crippen LogP contribution is 2.20. The second kappa shape index (κ2) is 6.93. The molecule has 0 aliphatic heterocycles. The molecule has 1 amide bonds. The number of nitrogens with zero attached hydrogens (tertiary/aromatic N) is 1. The molecule has 0 bridgehead atoms. The molecule has 0 radical (unpaired) electrons. The number of rotatable bonds is 3. The molecule has 0 fully saturated rings. The Morgan fingerprint density at radius 2 is 1.86 bits per heavy atom. The average molecular weight is 311 g/mol. The van der Waals surface area contributed by atoms with Crippen LogP contribution in [0.2, 0.25) is 5.02 Å². The molecule has 0 spiro atoms. The molecule has 0 aliphatic carbocycles. The summed E-state index contributed by atoms with van der Waals surface area (Å²) in [5.74, 6) is -0.456. The van der Waals surface area contributed by atoms with Crippen LogP contribution in [0.1, 0.15) is 16.7 Å². The zero-order valence-electron chi connectivity index (χ0n) is 12.4. The van der Waals surface area contributed by atoms with E-state index in [9.17, 15) is 10.1 Å². The summed E-state index contributed by atoms with van der Waals surface area (Å²) in [5, 5.41) is 12.4. The van der Waals surface area contributed by atoms with Crippen LogP contribution in [0.5, 0.6) is 0 Å². The number of carbonyl (C=O) groups excluding carboxylic acids is 1. The van der Waals surface area contributed by atoms with Crippen LogP contribution in [0.15, 0.2) is 48.0 Å². The Morgan fingerprint density at radius 3 is 2.45 bits per heavy atom. The van der Waals surface area contributed by atoms with Crippen LogP contribution in [-0.2, 0) is 4.79 Å². The number of amides is 1. The zero-order valence-corrected chi connectivity index (χ0v) is 13.1. The van der Waals surface area contributed by atoms with Gasteiger partial charge in [0.15, 0.2) is 0 Å². The van der Waals surface area contributed by atoms with Crippen molar-refractivity contribution in [1.82, 2.24) is 0 Å². The van der Waals surface area contributed by atoms with E-state index in [0.717, 1.165) is 16.7 Å². The molecule has 4 heteroatoms. The first-order valence-electron chi connectivity index (χ1n) is 6.75. The van der Waals surface area contributed by atoms with Gasteiger partial charge < -0.3 is 5.32 Å². The van der Waals surface area contributed by atoms with Crippen LogP contribution >= 0.6 is 11.6 Å². The third-order valence-corrected chi connectivity index (χ3v) is 3.59. The molecule has 0 atom stereocenters. The number of halogens is 1. The maximum atomic E-state index is 12.2. The summed E-state index contributed by atoms with van der Waals surface area (Å²) in [5.41, 5.74) is 3.45.